The molecule has 0 aliphatic carbocycles. The van der Waals surface area contributed by atoms with Crippen molar-refractivity contribution in [2.24, 2.45) is 0 Å². The normalized spacial score (nSPS) is 25.5. The highest BCUT2D eigenvalue weighted by Gasteiger charge is 2.35. The van der Waals surface area contributed by atoms with E-state index in [1.807, 2.05) is 4.90 Å². The number of aliphatic hydroxyl groups excluding tert-OH is 1. The molecule has 4 heterocycles. The van der Waals surface area contributed by atoms with Crippen LogP contribution in [0.5, 0.6) is 0 Å². The standard InChI is InChI=1S/C21H23ClFN5O3/c22-12-9-24-21(26-14-4-6-31-10-18(14)29)27-19(12)11-7-17-15(8-13(11)23)25-20(30)16-3-1-2-5-28(16)17/h7-9,14,16,18,29H,1-6,10H2,(H,25,30)(H,24,26,27)/t14-,16+,18-/m1/s1. The first-order valence-corrected chi connectivity index (χ1v) is 10.9. The minimum absolute atomic E-state index is 0.0964. The van der Waals surface area contributed by atoms with Crippen LogP contribution in [0.1, 0.15) is 25.7 Å². The van der Waals surface area contributed by atoms with Gasteiger partial charge in [-0.1, -0.05) is 11.6 Å². The summed E-state index contributed by atoms with van der Waals surface area (Å²) in [5, 5.41) is 16.3. The highest BCUT2D eigenvalue weighted by Crippen LogP contribution is 2.41. The maximum Gasteiger partial charge on any atom is 0.247 e. The molecule has 3 atom stereocenters. The Morgan fingerprint density at radius 2 is 2.19 bits per heavy atom. The summed E-state index contributed by atoms with van der Waals surface area (Å²) in [7, 11) is 0. The third-order valence-electron chi connectivity index (χ3n) is 6.10. The van der Waals surface area contributed by atoms with E-state index in [0.717, 1.165) is 31.5 Å². The molecule has 5 rings (SSSR count). The number of halogens is 2. The molecular formula is C21H23ClFN5O3. The predicted molar refractivity (Wildman–Crippen MR) is 115 cm³/mol. The number of nitrogens with zero attached hydrogens (tertiary/aromatic N) is 3. The van der Waals surface area contributed by atoms with E-state index in [4.69, 9.17) is 16.3 Å². The Morgan fingerprint density at radius 1 is 1.32 bits per heavy atom. The third kappa shape index (κ3) is 3.81. The number of fused-ring (bicyclic) bond motifs is 3. The fourth-order valence-electron chi connectivity index (χ4n) is 4.47. The molecule has 2 saturated heterocycles. The Bertz CT molecular complexity index is 1020. The summed E-state index contributed by atoms with van der Waals surface area (Å²) in [6, 6.07) is 2.51. The van der Waals surface area contributed by atoms with E-state index in [9.17, 15) is 9.90 Å². The Hall–Kier alpha value is -2.49. The quantitative estimate of drug-likeness (QED) is 0.665. The van der Waals surface area contributed by atoms with Crippen LogP contribution in [0.4, 0.5) is 21.7 Å². The van der Waals surface area contributed by atoms with Crippen molar-refractivity contribution >= 4 is 34.8 Å². The van der Waals surface area contributed by atoms with Gasteiger partial charge in [-0.15, -0.1) is 0 Å². The number of aromatic nitrogens is 2. The molecule has 10 heteroatoms. The highest BCUT2D eigenvalue weighted by atomic mass is 35.5. The molecule has 0 saturated carbocycles. The molecule has 2 fully saturated rings. The number of amides is 1. The molecule has 3 aliphatic rings. The maximum absolute atomic E-state index is 15.1. The number of aliphatic hydroxyl groups is 1. The van der Waals surface area contributed by atoms with E-state index >= 15 is 4.39 Å². The zero-order valence-corrected chi connectivity index (χ0v) is 17.5. The van der Waals surface area contributed by atoms with Crippen LogP contribution >= 0.6 is 11.6 Å². The molecule has 0 bridgehead atoms. The number of carbonyl (C=O) groups is 1. The van der Waals surface area contributed by atoms with E-state index in [2.05, 4.69) is 20.6 Å². The first-order chi connectivity index (χ1) is 15.0. The predicted octanol–water partition coefficient (Wildman–Crippen LogP) is 2.81. The van der Waals surface area contributed by atoms with Crippen LogP contribution in [0.3, 0.4) is 0 Å². The van der Waals surface area contributed by atoms with Gasteiger partial charge in [0.05, 0.1) is 47.0 Å². The van der Waals surface area contributed by atoms with Crippen LogP contribution in [0.2, 0.25) is 5.02 Å². The average molecular weight is 448 g/mol. The fourth-order valence-corrected chi connectivity index (χ4v) is 4.67. The molecule has 0 radical (unpaired) electrons. The van der Waals surface area contributed by atoms with Gasteiger partial charge in [-0.25, -0.2) is 14.4 Å². The van der Waals surface area contributed by atoms with Crippen LogP contribution in [0.15, 0.2) is 18.3 Å². The first-order valence-electron chi connectivity index (χ1n) is 10.5. The summed E-state index contributed by atoms with van der Waals surface area (Å²) in [6.07, 6.45) is 4.08. The number of hydrogen-bond donors (Lipinski definition) is 3. The molecule has 0 unspecified atom stereocenters. The summed E-state index contributed by atoms with van der Waals surface area (Å²) in [4.78, 5) is 23.1. The van der Waals surface area contributed by atoms with Crippen molar-refractivity contribution in [1.82, 2.24) is 9.97 Å². The van der Waals surface area contributed by atoms with Crippen molar-refractivity contribution in [3.05, 3.63) is 29.2 Å². The molecule has 3 aliphatic heterocycles. The van der Waals surface area contributed by atoms with E-state index in [0.29, 0.717) is 18.7 Å². The van der Waals surface area contributed by atoms with Crippen LogP contribution < -0.4 is 15.5 Å². The highest BCUT2D eigenvalue weighted by molar-refractivity contribution is 6.33. The molecule has 31 heavy (non-hydrogen) atoms. The van der Waals surface area contributed by atoms with Crippen LogP contribution in [0, 0.1) is 5.82 Å². The minimum Gasteiger partial charge on any atom is -0.389 e. The number of benzene rings is 1. The van der Waals surface area contributed by atoms with Crippen molar-refractivity contribution in [1.29, 1.82) is 0 Å². The Balaban J connectivity index is 1.51. The molecule has 2 aromatic rings. The van der Waals surface area contributed by atoms with Gasteiger partial charge in [0.2, 0.25) is 11.9 Å². The van der Waals surface area contributed by atoms with Crippen molar-refractivity contribution < 1.29 is 19.0 Å². The van der Waals surface area contributed by atoms with Gasteiger partial charge in [-0.05, 0) is 31.7 Å². The summed E-state index contributed by atoms with van der Waals surface area (Å²) >= 11 is 6.35. The largest absolute Gasteiger partial charge is 0.389 e. The molecule has 1 aromatic heterocycles. The Labute approximate surface area is 183 Å². The van der Waals surface area contributed by atoms with Crippen molar-refractivity contribution in [3.8, 4) is 11.3 Å². The van der Waals surface area contributed by atoms with Gasteiger partial charge in [0.25, 0.3) is 0 Å². The number of ether oxygens (including phenoxy) is 1. The van der Waals surface area contributed by atoms with Crippen LogP contribution in [-0.2, 0) is 9.53 Å². The number of hydrogen-bond acceptors (Lipinski definition) is 7. The fraction of sp³-hybridized carbons (Fsp3) is 0.476. The number of piperidine rings is 1. The Kier molecular flexibility index (Phi) is 5.41. The van der Waals surface area contributed by atoms with Crippen molar-refractivity contribution in [3.63, 3.8) is 0 Å². The van der Waals surface area contributed by atoms with Gasteiger partial charge in [0.1, 0.15) is 11.9 Å². The number of nitrogens with one attached hydrogen (secondary N) is 2. The topological polar surface area (TPSA) is 99.6 Å². The molecule has 1 amide bonds. The minimum atomic E-state index is -0.684. The lowest BCUT2D eigenvalue weighted by molar-refractivity contribution is -0.118. The molecular weight excluding hydrogens is 425 g/mol. The SMILES string of the molecule is O=C1Nc2cc(F)c(-c3nc(N[C@@H]4CCOC[C@H]4O)ncc3Cl)cc2N2CCCC[C@@H]12. The number of carbonyl (C=O) groups excluding carboxylic acids is 1. The monoisotopic (exact) mass is 447 g/mol. The zero-order chi connectivity index (χ0) is 21.5. The number of rotatable bonds is 3. The lowest BCUT2D eigenvalue weighted by Crippen LogP contribution is -2.50. The summed E-state index contributed by atoms with van der Waals surface area (Å²) in [5.74, 6) is -0.375. The molecule has 0 spiro atoms. The smallest absolute Gasteiger partial charge is 0.247 e. The lowest BCUT2D eigenvalue weighted by atomic mass is 9.96. The van der Waals surface area contributed by atoms with Gasteiger partial charge >= 0.3 is 0 Å². The van der Waals surface area contributed by atoms with Gasteiger partial charge in [0.15, 0.2) is 0 Å². The summed E-state index contributed by atoms with van der Waals surface area (Å²) in [6.45, 7) is 1.50. The van der Waals surface area contributed by atoms with Crippen molar-refractivity contribution in [2.75, 3.05) is 35.3 Å². The number of anilines is 3. The molecule has 3 N–H and O–H groups in total. The maximum atomic E-state index is 15.1. The van der Waals surface area contributed by atoms with E-state index in [1.165, 1.54) is 12.3 Å². The first kappa shape index (κ1) is 20.4. The zero-order valence-electron chi connectivity index (χ0n) is 16.8. The van der Waals surface area contributed by atoms with Gasteiger partial charge in [-0.3, -0.25) is 4.79 Å². The van der Waals surface area contributed by atoms with E-state index in [1.54, 1.807) is 6.07 Å². The lowest BCUT2D eigenvalue weighted by Gasteiger charge is -2.41. The second-order valence-corrected chi connectivity index (χ2v) is 8.52. The molecule has 8 nitrogen and oxygen atoms in total. The van der Waals surface area contributed by atoms with Gasteiger partial charge < -0.3 is 25.4 Å². The second-order valence-electron chi connectivity index (χ2n) is 8.12. The second kappa shape index (κ2) is 8.22. The summed E-state index contributed by atoms with van der Waals surface area (Å²) in [5.41, 5.74) is 1.72. The average Bonchev–Trinajstić information content (AvgIpc) is 2.77. The van der Waals surface area contributed by atoms with E-state index in [-0.39, 0.29) is 46.8 Å². The van der Waals surface area contributed by atoms with Crippen molar-refractivity contribution in [2.45, 2.75) is 43.9 Å². The summed E-state index contributed by atoms with van der Waals surface area (Å²) < 4.78 is 20.3. The van der Waals surface area contributed by atoms with Gasteiger partial charge in [0, 0.05) is 24.8 Å². The molecule has 164 valence electrons. The van der Waals surface area contributed by atoms with Crippen LogP contribution in [-0.4, -0.2) is 58.9 Å². The molecule has 1 aromatic carbocycles. The van der Waals surface area contributed by atoms with Crippen LogP contribution in [0.25, 0.3) is 11.3 Å². The Morgan fingerprint density at radius 3 is 3.03 bits per heavy atom. The van der Waals surface area contributed by atoms with Gasteiger partial charge in [-0.2, -0.15) is 0 Å². The van der Waals surface area contributed by atoms with E-state index < -0.39 is 11.9 Å². The third-order valence-corrected chi connectivity index (χ3v) is 6.37.